The number of aromatic nitrogens is 4. The highest BCUT2D eigenvalue weighted by molar-refractivity contribution is 5.83. The minimum absolute atomic E-state index is 0.584. The maximum Gasteiger partial charge on any atom is 0.0692 e. The number of benzene rings is 1. The quantitative estimate of drug-likeness (QED) is 0.760. The summed E-state index contributed by atoms with van der Waals surface area (Å²) in [5.41, 5.74) is 2.61. The summed E-state index contributed by atoms with van der Waals surface area (Å²) in [4.78, 5) is 3.34. The molecule has 0 spiro atoms. The Kier molecular flexibility index (Phi) is 3.31. The van der Waals surface area contributed by atoms with Crippen LogP contribution in [-0.4, -0.2) is 20.0 Å². The van der Waals surface area contributed by atoms with Crippen molar-refractivity contribution in [3.63, 3.8) is 0 Å². The third-order valence-electron chi connectivity index (χ3n) is 3.68. The largest absolute Gasteiger partial charge is 0.361 e. The maximum atomic E-state index is 4.05. The van der Waals surface area contributed by atoms with E-state index in [1.165, 1.54) is 16.5 Å². The van der Waals surface area contributed by atoms with Crippen LogP contribution in [0.5, 0.6) is 0 Å². The second kappa shape index (κ2) is 5.26. The second-order valence-corrected chi connectivity index (χ2v) is 4.96. The van der Waals surface area contributed by atoms with E-state index in [1.807, 2.05) is 10.9 Å². The summed E-state index contributed by atoms with van der Waals surface area (Å²) in [7, 11) is 0. The first-order chi connectivity index (χ1) is 9.36. The number of para-hydroxylation sites is 1. The third-order valence-corrected chi connectivity index (χ3v) is 3.68. The molecule has 1 aromatic carbocycles. The smallest absolute Gasteiger partial charge is 0.0692 e. The lowest BCUT2D eigenvalue weighted by atomic mass is 9.96. The van der Waals surface area contributed by atoms with E-state index in [4.69, 9.17) is 0 Å². The molecule has 19 heavy (non-hydrogen) atoms. The van der Waals surface area contributed by atoms with Gasteiger partial charge in [0.25, 0.3) is 0 Å². The van der Waals surface area contributed by atoms with E-state index in [2.05, 4.69) is 52.7 Å². The monoisotopic (exact) mass is 254 g/mol. The molecular formula is C15H18N4. The molecule has 2 heterocycles. The van der Waals surface area contributed by atoms with Crippen molar-refractivity contribution >= 4 is 10.9 Å². The van der Waals surface area contributed by atoms with Crippen LogP contribution in [0.25, 0.3) is 10.9 Å². The number of aromatic amines is 1. The number of rotatable bonds is 5. The number of H-pyrrole nitrogens is 1. The summed E-state index contributed by atoms with van der Waals surface area (Å²) in [5, 5.41) is 9.25. The molecule has 98 valence electrons. The number of hydrogen-bond acceptors (Lipinski definition) is 2. The number of fused-ring (bicyclic) bond motifs is 1. The molecule has 0 radical (unpaired) electrons. The molecule has 3 aromatic rings. The Hall–Kier alpha value is -2.10. The minimum Gasteiger partial charge on any atom is -0.361 e. The minimum atomic E-state index is 0.584. The summed E-state index contributed by atoms with van der Waals surface area (Å²) in [6.07, 6.45) is 8.00. The first kappa shape index (κ1) is 12.0. The van der Waals surface area contributed by atoms with Crippen LogP contribution in [0.3, 0.4) is 0 Å². The van der Waals surface area contributed by atoms with Crippen molar-refractivity contribution in [2.45, 2.75) is 26.3 Å². The van der Waals surface area contributed by atoms with Crippen molar-refractivity contribution in [3.05, 3.63) is 48.4 Å². The van der Waals surface area contributed by atoms with Crippen molar-refractivity contribution in [3.8, 4) is 0 Å². The number of nitrogens with one attached hydrogen (secondary N) is 1. The fourth-order valence-electron chi connectivity index (χ4n) is 2.54. The van der Waals surface area contributed by atoms with E-state index >= 15 is 0 Å². The van der Waals surface area contributed by atoms with Gasteiger partial charge in [0.15, 0.2) is 0 Å². The molecule has 3 rings (SSSR count). The van der Waals surface area contributed by atoms with Crippen LogP contribution in [0.1, 0.15) is 18.9 Å². The summed E-state index contributed by atoms with van der Waals surface area (Å²) in [5.74, 6) is 0.584. The first-order valence-electron chi connectivity index (χ1n) is 6.76. The van der Waals surface area contributed by atoms with Crippen molar-refractivity contribution in [1.82, 2.24) is 20.0 Å². The topological polar surface area (TPSA) is 46.5 Å². The Morgan fingerprint density at radius 1 is 1.32 bits per heavy atom. The van der Waals surface area contributed by atoms with Crippen LogP contribution in [0.4, 0.5) is 0 Å². The fraction of sp³-hybridized carbons (Fsp3) is 0.333. The van der Waals surface area contributed by atoms with Gasteiger partial charge in [-0.3, -0.25) is 4.68 Å². The molecule has 1 atom stereocenters. The summed E-state index contributed by atoms with van der Waals surface area (Å²) in [6, 6.07) is 8.47. The van der Waals surface area contributed by atoms with Gasteiger partial charge in [0, 0.05) is 29.8 Å². The van der Waals surface area contributed by atoms with Gasteiger partial charge >= 0.3 is 0 Å². The molecule has 0 bridgehead atoms. The van der Waals surface area contributed by atoms with Crippen LogP contribution in [0.2, 0.25) is 0 Å². The van der Waals surface area contributed by atoms with Crippen molar-refractivity contribution in [1.29, 1.82) is 0 Å². The van der Waals surface area contributed by atoms with E-state index in [0.717, 1.165) is 19.4 Å². The highest BCUT2D eigenvalue weighted by Crippen LogP contribution is 2.22. The second-order valence-electron chi connectivity index (χ2n) is 4.96. The highest BCUT2D eigenvalue weighted by Gasteiger charge is 2.12. The van der Waals surface area contributed by atoms with Crippen LogP contribution in [-0.2, 0) is 13.0 Å². The van der Waals surface area contributed by atoms with E-state index in [0.29, 0.717) is 5.92 Å². The standard InChI is InChI=1S/C15H18N4/c1-2-12(11-19-8-7-17-18-19)9-13-10-16-15-6-4-3-5-14(13)15/h3-8,10,12,16H,2,9,11H2,1H3. The highest BCUT2D eigenvalue weighted by atomic mass is 15.4. The SMILES string of the molecule is CCC(Cc1c[nH]c2ccccc12)Cn1ccnn1. The van der Waals surface area contributed by atoms with Gasteiger partial charge in [-0.1, -0.05) is 36.8 Å². The summed E-state index contributed by atoms with van der Waals surface area (Å²) >= 11 is 0. The molecular weight excluding hydrogens is 236 g/mol. The Bertz CT molecular complexity index is 639. The molecule has 1 unspecified atom stereocenters. The van der Waals surface area contributed by atoms with Gasteiger partial charge in [0.05, 0.1) is 6.20 Å². The van der Waals surface area contributed by atoms with Gasteiger partial charge in [0.2, 0.25) is 0 Å². The zero-order valence-corrected chi connectivity index (χ0v) is 11.1. The van der Waals surface area contributed by atoms with Crippen LogP contribution < -0.4 is 0 Å². The Labute approximate surface area is 112 Å². The zero-order valence-electron chi connectivity index (χ0n) is 11.1. The third kappa shape index (κ3) is 2.52. The van der Waals surface area contributed by atoms with E-state index in [1.54, 1.807) is 6.20 Å². The van der Waals surface area contributed by atoms with Crippen LogP contribution in [0.15, 0.2) is 42.9 Å². The molecule has 0 aliphatic heterocycles. The predicted octanol–water partition coefficient (Wildman–Crippen LogP) is 3.03. The molecule has 4 nitrogen and oxygen atoms in total. The molecule has 0 saturated heterocycles. The fourth-order valence-corrected chi connectivity index (χ4v) is 2.54. The molecule has 0 aliphatic rings. The van der Waals surface area contributed by atoms with Gasteiger partial charge in [-0.2, -0.15) is 0 Å². The van der Waals surface area contributed by atoms with Crippen LogP contribution in [0, 0.1) is 5.92 Å². The molecule has 0 saturated carbocycles. The van der Waals surface area contributed by atoms with E-state index in [9.17, 15) is 0 Å². The van der Waals surface area contributed by atoms with Crippen molar-refractivity contribution in [2.75, 3.05) is 0 Å². The molecule has 1 N–H and O–H groups in total. The molecule has 2 aromatic heterocycles. The van der Waals surface area contributed by atoms with Gasteiger partial charge in [-0.05, 0) is 24.0 Å². The van der Waals surface area contributed by atoms with Gasteiger partial charge in [-0.25, -0.2) is 0 Å². The van der Waals surface area contributed by atoms with Crippen molar-refractivity contribution < 1.29 is 0 Å². The van der Waals surface area contributed by atoms with Crippen molar-refractivity contribution in [2.24, 2.45) is 5.92 Å². The Morgan fingerprint density at radius 2 is 2.21 bits per heavy atom. The maximum absolute atomic E-state index is 4.05. The van der Waals surface area contributed by atoms with Gasteiger partial charge in [-0.15, -0.1) is 5.10 Å². The molecule has 4 heteroatoms. The zero-order chi connectivity index (χ0) is 13.1. The molecule has 0 aliphatic carbocycles. The van der Waals surface area contributed by atoms with Gasteiger partial charge < -0.3 is 4.98 Å². The lowest BCUT2D eigenvalue weighted by Gasteiger charge is -2.13. The van der Waals surface area contributed by atoms with Crippen LogP contribution >= 0.6 is 0 Å². The molecule has 0 amide bonds. The first-order valence-corrected chi connectivity index (χ1v) is 6.76. The normalized spacial score (nSPS) is 12.9. The number of hydrogen-bond donors (Lipinski definition) is 1. The van der Waals surface area contributed by atoms with Gasteiger partial charge in [0.1, 0.15) is 0 Å². The average molecular weight is 254 g/mol. The summed E-state index contributed by atoms with van der Waals surface area (Å²) < 4.78 is 1.92. The molecule has 0 fully saturated rings. The summed E-state index contributed by atoms with van der Waals surface area (Å²) in [6.45, 7) is 3.16. The lowest BCUT2D eigenvalue weighted by molar-refractivity contribution is 0.399. The predicted molar refractivity (Wildman–Crippen MR) is 75.8 cm³/mol. The van der Waals surface area contributed by atoms with E-state index in [-0.39, 0.29) is 0 Å². The Balaban J connectivity index is 1.78. The Morgan fingerprint density at radius 3 is 3.00 bits per heavy atom. The average Bonchev–Trinajstić information content (AvgIpc) is 3.08. The lowest BCUT2D eigenvalue weighted by Crippen LogP contribution is -2.13. The van der Waals surface area contributed by atoms with E-state index < -0.39 is 0 Å². The number of nitrogens with zero attached hydrogens (tertiary/aromatic N) is 3.